The number of aromatic carboxylic acids is 1. The maximum absolute atomic E-state index is 10.9. The summed E-state index contributed by atoms with van der Waals surface area (Å²) in [6, 6.07) is 5.28. The Labute approximate surface area is 101 Å². The van der Waals surface area contributed by atoms with Crippen LogP contribution < -0.4 is 10.2 Å². The second-order valence-corrected chi connectivity index (χ2v) is 4.80. The number of carboxylic acids is 1. The van der Waals surface area contributed by atoms with E-state index in [9.17, 15) is 4.79 Å². The number of rotatable bonds is 3. The smallest absolute Gasteiger partial charge is 0.335 e. The topological polar surface area (TPSA) is 52.6 Å². The van der Waals surface area contributed by atoms with Crippen LogP contribution in [0.1, 0.15) is 24.2 Å². The van der Waals surface area contributed by atoms with Crippen molar-refractivity contribution >= 4 is 17.3 Å². The van der Waals surface area contributed by atoms with Gasteiger partial charge in [0.05, 0.1) is 16.9 Å². The van der Waals surface area contributed by atoms with Crippen molar-refractivity contribution in [2.45, 2.75) is 13.8 Å². The Morgan fingerprint density at radius 1 is 1.53 bits per heavy atom. The van der Waals surface area contributed by atoms with E-state index < -0.39 is 5.97 Å². The van der Waals surface area contributed by atoms with E-state index in [4.69, 9.17) is 5.11 Å². The Balaban J connectivity index is 2.30. The van der Waals surface area contributed by atoms with Gasteiger partial charge >= 0.3 is 5.97 Å². The minimum atomic E-state index is -0.879. The Kier molecular flexibility index (Phi) is 3.22. The Morgan fingerprint density at radius 2 is 2.29 bits per heavy atom. The summed E-state index contributed by atoms with van der Waals surface area (Å²) in [6.07, 6.45) is 0. The quantitative estimate of drug-likeness (QED) is 0.842. The molecule has 17 heavy (non-hydrogen) atoms. The van der Waals surface area contributed by atoms with Crippen molar-refractivity contribution in [3.8, 4) is 0 Å². The number of hydrogen-bond donors (Lipinski definition) is 2. The van der Waals surface area contributed by atoms with E-state index in [2.05, 4.69) is 24.1 Å². The fourth-order valence-electron chi connectivity index (χ4n) is 2.16. The first kappa shape index (κ1) is 11.8. The molecule has 1 aromatic rings. The van der Waals surface area contributed by atoms with Gasteiger partial charge in [-0.05, 0) is 24.1 Å². The summed E-state index contributed by atoms with van der Waals surface area (Å²) < 4.78 is 0. The van der Waals surface area contributed by atoms with Crippen LogP contribution in [0.5, 0.6) is 0 Å². The summed E-state index contributed by atoms with van der Waals surface area (Å²) in [6.45, 7) is 7.21. The van der Waals surface area contributed by atoms with E-state index in [1.807, 2.05) is 6.07 Å². The molecule has 0 aliphatic carbocycles. The van der Waals surface area contributed by atoms with Gasteiger partial charge in [-0.15, -0.1) is 0 Å². The van der Waals surface area contributed by atoms with Gasteiger partial charge in [-0.1, -0.05) is 13.8 Å². The molecule has 0 bridgehead atoms. The van der Waals surface area contributed by atoms with Crippen molar-refractivity contribution in [3.05, 3.63) is 23.8 Å². The van der Waals surface area contributed by atoms with Crippen molar-refractivity contribution in [2.24, 2.45) is 5.92 Å². The standard InChI is InChI=1S/C13H18N2O2/c1-9(2)8-15-6-5-14-11-7-10(13(16)17)3-4-12(11)15/h3-4,7,9,14H,5-6,8H2,1-2H3,(H,16,17). The van der Waals surface area contributed by atoms with Crippen molar-refractivity contribution in [1.82, 2.24) is 0 Å². The Bertz CT molecular complexity index is 429. The van der Waals surface area contributed by atoms with E-state index in [-0.39, 0.29) is 0 Å². The number of nitrogens with one attached hydrogen (secondary N) is 1. The summed E-state index contributed by atoms with van der Waals surface area (Å²) in [4.78, 5) is 13.2. The molecule has 0 unspecified atom stereocenters. The second-order valence-electron chi connectivity index (χ2n) is 4.80. The first-order chi connectivity index (χ1) is 8.08. The highest BCUT2D eigenvalue weighted by molar-refractivity contribution is 5.91. The molecule has 1 aliphatic rings. The molecule has 1 aromatic carbocycles. The van der Waals surface area contributed by atoms with Gasteiger partial charge in [-0.3, -0.25) is 0 Å². The van der Waals surface area contributed by atoms with E-state index in [0.29, 0.717) is 11.5 Å². The highest BCUT2D eigenvalue weighted by atomic mass is 16.4. The number of hydrogen-bond acceptors (Lipinski definition) is 3. The van der Waals surface area contributed by atoms with Gasteiger partial charge in [0.25, 0.3) is 0 Å². The second kappa shape index (κ2) is 4.65. The molecule has 92 valence electrons. The molecule has 0 fully saturated rings. The van der Waals surface area contributed by atoms with Crippen LogP contribution in [-0.4, -0.2) is 30.7 Å². The Hall–Kier alpha value is -1.71. The fourth-order valence-corrected chi connectivity index (χ4v) is 2.16. The van der Waals surface area contributed by atoms with Crippen molar-refractivity contribution in [1.29, 1.82) is 0 Å². The lowest BCUT2D eigenvalue weighted by atomic mass is 10.1. The number of fused-ring (bicyclic) bond motifs is 1. The van der Waals surface area contributed by atoms with E-state index in [0.717, 1.165) is 31.0 Å². The zero-order chi connectivity index (χ0) is 12.4. The molecule has 0 radical (unpaired) electrons. The molecule has 4 heteroatoms. The lowest BCUT2D eigenvalue weighted by Gasteiger charge is -2.33. The average molecular weight is 234 g/mol. The summed E-state index contributed by atoms with van der Waals surface area (Å²) in [7, 11) is 0. The van der Waals surface area contributed by atoms with Gasteiger partial charge in [-0.2, -0.15) is 0 Å². The molecular weight excluding hydrogens is 216 g/mol. The van der Waals surface area contributed by atoms with Gasteiger partial charge in [0.2, 0.25) is 0 Å². The SMILES string of the molecule is CC(C)CN1CCNc2cc(C(=O)O)ccc21. The lowest BCUT2D eigenvalue weighted by Crippen LogP contribution is -2.36. The minimum Gasteiger partial charge on any atom is -0.478 e. The number of benzene rings is 1. The number of carbonyl (C=O) groups is 1. The van der Waals surface area contributed by atoms with Gasteiger partial charge in [-0.25, -0.2) is 4.79 Å². The summed E-state index contributed by atoms with van der Waals surface area (Å²) in [5, 5.41) is 12.2. The van der Waals surface area contributed by atoms with Crippen LogP contribution in [0.3, 0.4) is 0 Å². The van der Waals surface area contributed by atoms with Crippen LogP contribution in [0.4, 0.5) is 11.4 Å². The minimum absolute atomic E-state index is 0.336. The van der Waals surface area contributed by atoms with Crippen LogP contribution in [-0.2, 0) is 0 Å². The van der Waals surface area contributed by atoms with Crippen LogP contribution in [0.25, 0.3) is 0 Å². The highest BCUT2D eigenvalue weighted by Crippen LogP contribution is 2.30. The molecule has 0 saturated heterocycles. The third-order valence-electron chi connectivity index (χ3n) is 2.87. The zero-order valence-corrected chi connectivity index (χ0v) is 10.2. The van der Waals surface area contributed by atoms with Crippen LogP contribution >= 0.6 is 0 Å². The maximum Gasteiger partial charge on any atom is 0.335 e. The molecule has 0 atom stereocenters. The molecule has 2 N–H and O–H groups in total. The molecule has 2 rings (SSSR count). The molecule has 0 amide bonds. The highest BCUT2D eigenvalue weighted by Gasteiger charge is 2.18. The first-order valence-electron chi connectivity index (χ1n) is 5.94. The van der Waals surface area contributed by atoms with Crippen LogP contribution in [0.2, 0.25) is 0 Å². The number of anilines is 2. The van der Waals surface area contributed by atoms with Crippen LogP contribution in [0.15, 0.2) is 18.2 Å². The zero-order valence-electron chi connectivity index (χ0n) is 10.2. The summed E-state index contributed by atoms with van der Waals surface area (Å²) in [5.41, 5.74) is 2.37. The van der Waals surface area contributed by atoms with Gasteiger partial charge in [0.15, 0.2) is 0 Å². The molecule has 0 spiro atoms. The number of nitrogens with zero attached hydrogens (tertiary/aromatic N) is 1. The molecular formula is C13H18N2O2. The first-order valence-corrected chi connectivity index (χ1v) is 5.94. The number of carboxylic acid groups (broad SMARTS) is 1. The largest absolute Gasteiger partial charge is 0.478 e. The summed E-state index contributed by atoms with van der Waals surface area (Å²) in [5.74, 6) is -0.282. The third-order valence-corrected chi connectivity index (χ3v) is 2.87. The van der Waals surface area contributed by atoms with Gasteiger partial charge < -0.3 is 15.3 Å². The maximum atomic E-state index is 10.9. The average Bonchev–Trinajstić information content (AvgIpc) is 2.28. The predicted octanol–water partition coefficient (Wildman–Crippen LogP) is 2.27. The van der Waals surface area contributed by atoms with Gasteiger partial charge in [0, 0.05) is 19.6 Å². The fraction of sp³-hybridized carbons (Fsp3) is 0.462. The normalized spacial score (nSPS) is 14.4. The van der Waals surface area contributed by atoms with Crippen molar-refractivity contribution in [2.75, 3.05) is 29.9 Å². The van der Waals surface area contributed by atoms with E-state index in [1.54, 1.807) is 12.1 Å². The van der Waals surface area contributed by atoms with Crippen molar-refractivity contribution in [3.63, 3.8) is 0 Å². The lowest BCUT2D eigenvalue weighted by molar-refractivity contribution is 0.0697. The molecule has 0 aromatic heterocycles. The Morgan fingerprint density at radius 3 is 2.94 bits per heavy atom. The predicted molar refractivity (Wildman–Crippen MR) is 68.9 cm³/mol. The molecule has 4 nitrogen and oxygen atoms in total. The molecule has 1 heterocycles. The monoisotopic (exact) mass is 234 g/mol. The summed E-state index contributed by atoms with van der Waals surface area (Å²) >= 11 is 0. The molecule has 1 aliphatic heterocycles. The van der Waals surface area contributed by atoms with Crippen LogP contribution in [0, 0.1) is 5.92 Å². The van der Waals surface area contributed by atoms with Crippen molar-refractivity contribution < 1.29 is 9.90 Å². The third kappa shape index (κ3) is 2.52. The molecule has 0 saturated carbocycles. The van der Waals surface area contributed by atoms with E-state index in [1.165, 1.54) is 0 Å². The van der Waals surface area contributed by atoms with Gasteiger partial charge in [0.1, 0.15) is 0 Å². The van der Waals surface area contributed by atoms with E-state index >= 15 is 0 Å².